The van der Waals surface area contributed by atoms with E-state index in [2.05, 4.69) is 4.98 Å². The first kappa shape index (κ1) is 13.7. The third kappa shape index (κ3) is 2.22. The van der Waals surface area contributed by atoms with Crippen LogP contribution in [0.4, 0.5) is 0 Å². The number of rotatable bonds is 2. The molecular formula is C12H17BClNO3. The molecule has 1 aliphatic heterocycles. The molecule has 1 fully saturated rings. The zero-order valence-corrected chi connectivity index (χ0v) is 12.0. The van der Waals surface area contributed by atoms with Crippen LogP contribution in [-0.4, -0.2) is 30.4 Å². The van der Waals surface area contributed by atoms with Crippen LogP contribution in [-0.2, 0) is 9.31 Å². The number of hydrogen-bond acceptors (Lipinski definition) is 4. The predicted octanol–water partition coefficient (Wildman–Crippen LogP) is 2.04. The molecule has 0 aromatic carbocycles. The van der Waals surface area contributed by atoms with Crippen molar-refractivity contribution in [1.82, 2.24) is 4.98 Å². The van der Waals surface area contributed by atoms with Crippen LogP contribution in [0, 0.1) is 0 Å². The fourth-order valence-corrected chi connectivity index (χ4v) is 1.88. The van der Waals surface area contributed by atoms with Gasteiger partial charge in [-0.2, -0.15) is 0 Å². The molecule has 0 N–H and O–H groups in total. The van der Waals surface area contributed by atoms with Crippen LogP contribution in [0.2, 0.25) is 5.15 Å². The van der Waals surface area contributed by atoms with Crippen LogP contribution >= 0.6 is 11.6 Å². The van der Waals surface area contributed by atoms with Crippen LogP contribution in [0.25, 0.3) is 0 Å². The summed E-state index contributed by atoms with van der Waals surface area (Å²) in [7, 11) is 1.06. The van der Waals surface area contributed by atoms with Crippen molar-refractivity contribution >= 4 is 24.2 Å². The van der Waals surface area contributed by atoms with E-state index in [1.165, 1.54) is 0 Å². The first-order chi connectivity index (χ1) is 8.27. The third-order valence-electron chi connectivity index (χ3n) is 3.56. The van der Waals surface area contributed by atoms with E-state index in [4.69, 9.17) is 25.6 Å². The lowest BCUT2D eigenvalue weighted by Crippen LogP contribution is -2.41. The van der Waals surface area contributed by atoms with Crippen LogP contribution in [0.3, 0.4) is 0 Å². The standard InChI is InChI=1S/C12H17BClNO3/c1-11(2)12(3,4)18-13(17-11)8-6-7-9(14)15-10(8)16-5/h6-7H,1-5H3. The second kappa shape index (κ2) is 4.40. The molecule has 0 bridgehead atoms. The molecule has 0 amide bonds. The average Bonchev–Trinajstić information content (AvgIpc) is 2.47. The quantitative estimate of drug-likeness (QED) is 0.608. The minimum absolute atomic E-state index is 0.382. The highest BCUT2D eigenvalue weighted by molar-refractivity contribution is 6.63. The van der Waals surface area contributed by atoms with E-state index in [0.29, 0.717) is 11.0 Å². The molecule has 18 heavy (non-hydrogen) atoms. The number of aromatic nitrogens is 1. The van der Waals surface area contributed by atoms with E-state index in [0.717, 1.165) is 5.46 Å². The average molecular weight is 270 g/mol. The monoisotopic (exact) mass is 269 g/mol. The summed E-state index contributed by atoms with van der Waals surface area (Å²) in [4.78, 5) is 4.11. The number of halogens is 1. The maximum absolute atomic E-state index is 5.95. The zero-order valence-electron chi connectivity index (χ0n) is 11.3. The Balaban J connectivity index is 2.35. The third-order valence-corrected chi connectivity index (χ3v) is 3.77. The fourth-order valence-electron chi connectivity index (χ4n) is 1.74. The SMILES string of the molecule is COc1nc(Cl)ccc1B1OC(C)(C)C(C)(C)O1. The summed E-state index contributed by atoms with van der Waals surface area (Å²) < 4.78 is 17.1. The van der Waals surface area contributed by atoms with Crippen molar-refractivity contribution in [2.24, 2.45) is 0 Å². The Bertz CT molecular complexity index is 449. The maximum atomic E-state index is 5.95. The Morgan fingerprint density at radius 2 is 1.72 bits per heavy atom. The minimum atomic E-state index is -0.491. The molecule has 1 aromatic rings. The first-order valence-electron chi connectivity index (χ1n) is 5.83. The van der Waals surface area contributed by atoms with E-state index < -0.39 is 7.12 Å². The van der Waals surface area contributed by atoms with Crippen LogP contribution in [0.15, 0.2) is 12.1 Å². The molecule has 0 radical (unpaired) electrons. The lowest BCUT2D eigenvalue weighted by molar-refractivity contribution is 0.00578. The van der Waals surface area contributed by atoms with Gasteiger partial charge in [0.2, 0.25) is 5.88 Å². The molecule has 4 nitrogen and oxygen atoms in total. The highest BCUT2D eigenvalue weighted by Gasteiger charge is 2.52. The molecule has 1 aromatic heterocycles. The van der Waals surface area contributed by atoms with Crippen LogP contribution in [0.1, 0.15) is 27.7 Å². The molecule has 98 valence electrons. The summed E-state index contributed by atoms with van der Waals surface area (Å²) in [6.07, 6.45) is 0. The zero-order chi connectivity index (χ0) is 13.6. The molecule has 0 saturated carbocycles. The maximum Gasteiger partial charge on any atom is 0.500 e. The molecule has 2 rings (SSSR count). The molecule has 1 saturated heterocycles. The first-order valence-corrected chi connectivity index (χ1v) is 6.21. The largest absolute Gasteiger partial charge is 0.500 e. The Morgan fingerprint density at radius 1 is 1.17 bits per heavy atom. The summed E-state index contributed by atoms with van der Waals surface area (Å²) >= 11 is 5.84. The lowest BCUT2D eigenvalue weighted by Gasteiger charge is -2.32. The smallest absolute Gasteiger partial charge is 0.481 e. The normalized spacial score (nSPS) is 21.1. The fraction of sp³-hybridized carbons (Fsp3) is 0.583. The summed E-state index contributed by atoms with van der Waals surface area (Å²) in [5.41, 5.74) is -0.0227. The lowest BCUT2D eigenvalue weighted by atomic mass is 9.80. The van der Waals surface area contributed by atoms with Gasteiger partial charge >= 0.3 is 7.12 Å². The number of pyridine rings is 1. The van der Waals surface area contributed by atoms with Crippen molar-refractivity contribution in [3.63, 3.8) is 0 Å². The summed E-state index contributed by atoms with van der Waals surface area (Å²) in [6, 6.07) is 3.51. The van der Waals surface area contributed by atoms with Crippen molar-refractivity contribution in [1.29, 1.82) is 0 Å². The van der Waals surface area contributed by atoms with E-state index in [1.807, 2.05) is 33.8 Å². The molecule has 0 aliphatic carbocycles. The second-order valence-electron chi connectivity index (χ2n) is 5.32. The van der Waals surface area contributed by atoms with Gasteiger partial charge in [-0.1, -0.05) is 17.7 Å². The van der Waals surface area contributed by atoms with Gasteiger partial charge in [0, 0.05) is 5.46 Å². The molecular weight excluding hydrogens is 252 g/mol. The van der Waals surface area contributed by atoms with Gasteiger partial charge < -0.3 is 14.0 Å². The molecule has 6 heteroatoms. The summed E-state index contributed by atoms with van der Waals surface area (Å²) in [5.74, 6) is 0.431. The molecule has 0 atom stereocenters. The highest BCUT2D eigenvalue weighted by atomic mass is 35.5. The van der Waals surface area contributed by atoms with Gasteiger partial charge in [0.05, 0.1) is 18.3 Å². The predicted molar refractivity (Wildman–Crippen MR) is 71.5 cm³/mol. The van der Waals surface area contributed by atoms with Gasteiger partial charge in [-0.25, -0.2) is 4.98 Å². The number of ether oxygens (including phenoxy) is 1. The summed E-state index contributed by atoms with van der Waals surface area (Å²) in [6.45, 7) is 8.01. The molecule has 2 heterocycles. The van der Waals surface area contributed by atoms with Gasteiger partial charge in [-0.3, -0.25) is 0 Å². The van der Waals surface area contributed by atoms with Crippen LogP contribution in [0.5, 0.6) is 5.88 Å². The van der Waals surface area contributed by atoms with Crippen molar-refractivity contribution in [2.45, 2.75) is 38.9 Å². The van der Waals surface area contributed by atoms with Gasteiger partial charge in [-0.05, 0) is 33.8 Å². The Morgan fingerprint density at radius 3 is 2.22 bits per heavy atom. The van der Waals surface area contributed by atoms with Crippen LogP contribution < -0.4 is 10.2 Å². The molecule has 1 aliphatic rings. The van der Waals surface area contributed by atoms with Gasteiger partial charge in [0.1, 0.15) is 5.15 Å². The van der Waals surface area contributed by atoms with Gasteiger partial charge in [0.25, 0.3) is 0 Å². The van der Waals surface area contributed by atoms with Gasteiger partial charge in [-0.15, -0.1) is 0 Å². The van der Waals surface area contributed by atoms with E-state index >= 15 is 0 Å². The highest BCUT2D eigenvalue weighted by Crippen LogP contribution is 2.37. The second-order valence-corrected chi connectivity index (χ2v) is 5.71. The van der Waals surface area contributed by atoms with Crippen molar-refractivity contribution < 1.29 is 14.0 Å². The van der Waals surface area contributed by atoms with E-state index in [1.54, 1.807) is 13.2 Å². The van der Waals surface area contributed by atoms with Crippen molar-refractivity contribution in [2.75, 3.05) is 7.11 Å². The molecule has 0 unspecified atom stereocenters. The molecule has 0 spiro atoms. The minimum Gasteiger partial charge on any atom is -0.481 e. The number of methoxy groups -OCH3 is 1. The Hall–Kier alpha value is -0.775. The topological polar surface area (TPSA) is 40.6 Å². The Labute approximate surface area is 113 Å². The van der Waals surface area contributed by atoms with Gasteiger partial charge in [0.15, 0.2) is 0 Å². The Kier molecular flexibility index (Phi) is 3.34. The summed E-state index contributed by atoms with van der Waals surface area (Å²) in [5, 5.41) is 0.382. The van der Waals surface area contributed by atoms with E-state index in [-0.39, 0.29) is 11.2 Å². The van der Waals surface area contributed by atoms with E-state index in [9.17, 15) is 0 Å². The van der Waals surface area contributed by atoms with Crippen molar-refractivity contribution in [3.05, 3.63) is 17.3 Å². The van der Waals surface area contributed by atoms with Crippen molar-refractivity contribution in [3.8, 4) is 5.88 Å². The number of nitrogens with zero attached hydrogens (tertiary/aromatic N) is 1. The number of hydrogen-bond donors (Lipinski definition) is 0.